The normalized spacial score (nSPS) is 19.3. The Hall–Kier alpha value is -1.43. The summed E-state index contributed by atoms with van der Waals surface area (Å²) in [5.41, 5.74) is 1.15. The quantitative estimate of drug-likeness (QED) is 0.361. The number of rotatable bonds is 5. The Morgan fingerprint density at radius 3 is 2.86 bits per heavy atom. The van der Waals surface area contributed by atoms with Gasteiger partial charge in [-0.05, 0) is 32.6 Å². The second-order valence-corrected chi connectivity index (χ2v) is 7.98. The van der Waals surface area contributed by atoms with E-state index in [1.807, 2.05) is 18.7 Å². The zero-order valence-electron chi connectivity index (χ0n) is 16.5. The van der Waals surface area contributed by atoms with Gasteiger partial charge in [-0.3, -0.25) is 4.99 Å². The number of aromatic nitrogens is 4. The van der Waals surface area contributed by atoms with Crippen molar-refractivity contribution in [3.05, 3.63) is 22.7 Å². The number of fused-ring (bicyclic) bond motifs is 1. The summed E-state index contributed by atoms with van der Waals surface area (Å²) in [4.78, 5) is 16.1. The Kier molecular flexibility index (Phi) is 7.49. The SMILES string of the molecule is CN=C(NCCc1csc(N2CCCC2)n1)NC1CCCn2nc(C)nc21.I. The molecular weight excluding hydrogens is 487 g/mol. The first kappa shape index (κ1) is 21.3. The van der Waals surface area contributed by atoms with Crippen molar-refractivity contribution in [3.8, 4) is 0 Å². The van der Waals surface area contributed by atoms with E-state index in [0.717, 1.165) is 68.7 Å². The van der Waals surface area contributed by atoms with Gasteiger partial charge < -0.3 is 15.5 Å². The van der Waals surface area contributed by atoms with Crippen LogP contribution in [-0.2, 0) is 13.0 Å². The molecule has 154 valence electrons. The lowest BCUT2D eigenvalue weighted by Gasteiger charge is -2.24. The van der Waals surface area contributed by atoms with E-state index in [4.69, 9.17) is 4.98 Å². The number of guanidine groups is 1. The molecule has 4 rings (SSSR count). The molecule has 1 unspecified atom stereocenters. The first-order valence-electron chi connectivity index (χ1n) is 9.81. The molecule has 0 bridgehead atoms. The zero-order chi connectivity index (χ0) is 18.6. The largest absolute Gasteiger partial charge is 0.356 e. The lowest BCUT2D eigenvalue weighted by Crippen LogP contribution is -2.42. The predicted octanol–water partition coefficient (Wildman–Crippen LogP) is 2.50. The molecule has 2 aliphatic rings. The van der Waals surface area contributed by atoms with Gasteiger partial charge in [0.15, 0.2) is 11.1 Å². The van der Waals surface area contributed by atoms with Crippen LogP contribution in [0, 0.1) is 6.92 Å². The van der Waals surface area contributed by atoms with E-state index >= 15 is 0 Å². The summed E-state index contributed by atoms with van der Waals surface area (Å²) in [7, 11) is 1.81. The molecule has 28 heavy (non-hydrogen) atoms. The van der Waals surface area contributed by atoms with Crippen molar-refractivity contribution in [2.45, 2.75) is 51.6 Å². The molecule has 0 aliphatic carbocycles. The van der Waals surface area contributed by atoms with Crippen molar-refractivity contribution in [1.29, 1.82) is 0 Å². The Balaban J connectivity index is 0.00000225. The number of hydrogen-bond acceptors (Lipinski definition) is 6. The summed E-state index contributed by atoms with van der Waals surface area (Å²) in [5, 5.41) is 14.7. The van der Waals surface area contributed by atoms with Gasteiger partial charge in [-0.2, -0.15) is 5.10 Å². The second kappa shape index (κ2) is 9.86. The number of hydrogen-bond donors (Lipinski definition) is 2. The topological polar surface area (TPSA) is 83.3 Å². The fourth-order valence-corrected chi connectivity index (χ4v) is 4.65. The van der Waals surface area contributed by atoms with Crippen molar-refractivity contribution < 1.29 is 0 Å². The van der Waals surface area contributed by atoms with Crippen LogP contribution in [0.4, 0.5) is 5.13 Å². The van der Waals surface area contributed by atoms with E-state index in [0.29, 0.717) is 0 Å². The molecule has 0 aromatic carbocycles. The van der Waals surface area contributed by atoms with Gasteiger partial charge in [0.05, 0.1) is 11.7 Å². The van der Waals surface area contributed by atoms with Crippen LogP contribution in [0.3, 0.4) is 0 Å². The number of aliphatic imine (C=N–C) groups is 1. The highest BCUT2D eigenvalue weighted by Gasteiger charge is 2.24. The number of aryl methyl sites for hydroxylation is 2. The first-order chi connectivity index (χ1) is 13.2. The first-order valence-corrected chi connectivity index (χ1v) is 10.7. The lowest BCUT2D eigenvalue weighted by atomic mass is 10.1. The van der Waals surface area contributed by atoms with Crippen LogP contribution in [0.25, 0.3) is 0 Å². The number of nitrogens with one attached hydrogen (secondary N) is 2. The molecule has 1 fully saturated rings. The average Bonchev–Trinajstić information content (AvgIpc) is 3.40. The van der Waals surface area contributed by atoms with E-state index in [1.54, 1.807) is 11.3 Å². The number of halogens is 1. The van der Waals surface area contributed by atoms with Gasteiger partial charge >= 0.3 is 0 Å². The minimum Gasteiger partial charge on any atom is -0.356 e. The molecular formula is C18H29IN8S. The van der Waals surface area contributed by atoms with E-state index in [1.165, 1.54) is 18.0 Å². The van der Waals surface area contributed by atoms with Crippen LogP contribution in [0.15, 0.2) is 10.4 Å². The molecule has 0 spiro atoms. The van der Waals surface area contributed by atoms with Crippen LogP contribution in [-0.4, -0.2) is 52.4 Å². The van der Waals surface area contributed by atoms with E-state index in [-0.39, 0.29) is 30.0 Å². The van der Waals surface area contributed by atoms with Crippen LogP contribution in [0.1, 0.15) is 49.1 Å². The number of thiazole rings is 1. The molecule has 2 N–H and O–H groups in total. The summed E-state index contributed by atoms with van der Waals surface area (Å²) >= 11 is 1.76. The highest BCUT2D eigenvalue weighted by Crippen LogP contribution is 2.24. The van der Waals surface area contributed by atoms with E-state index in [2.05, 4.69) is 36.0 Å². The molecule has 10 heteroatoms. The highest BCUT2D eigenvalue weighted by atomic mass is 127. The van der Waals surface area contributed by atoms with Crippen molar-refractivity contribution >= 4 is 46.4 Å². The fraction of sp³-hybridized carbons (Fsp3) is 0.667. The van der Waals surface area contributed by atoms with Gasteiger partial charge in [0, 0.05) is 45.0 Å². The molecule has 2 aromatic rings. The van der Waals surface area contributed by atoms with Gasteiger partial charge in [-0.25, -0.2) is 14.6 Å². The summed E-state index contributed by atoms with van der Waals surface area (Å²) in [6.45, 7) is 5.99. The highest BCUT2D eigenvalue weighted by molar-refractivity contribution is 14.0. The Labute approximate surface area is 187 Å². The number of nitrogens with zero attached hydrogens (tertiary/aromatic N) is 6. The molecule has 8 nitrogen and oxygen atoms in total. The second-order valence-electron chi connectivity index (χ2n) is 7.14. The van der Waals surface area contributed by atoms with Gasteiger partial charge in [0.1, 0.15) is 11.6 Å². The minimum absolute atomic E-state index is 0. The molecule has 1 atom stereocenters. The smallest absolute Gasteiger partial charge is 0.191 e. The van der Waals surface area contributed by atoms with Crippen molar-refractivity contribution in [1.82, 2.24) is 30.4 Å². The molecule has 2 aliphatic heterocycles. The number of anilines is 1. The van der Waals surface area contributed by atoms with Gasteiger partial charge in [0.2, 0.25) is 0 Å². The third kappa shape index (κ3) is 4.94. The van der Waals surface area contributed by atoms with Gasteiger partial charge in [0.25, 0.3) is 0 Å². The minimum atomic E-state index is 0. The fourth-order valence-electron chi connectivity index (χ4n) is 3.74. The maximum atomic E-state index is 4.79. The Bertz CT molecular complexity index is 795. The van der Waals surface area contributed by atoms with Crippen LogP contribution in [0.2, 0.25) is 0 Å². The Morgan fingerprint density at radius 1 is 1.25 bits per heavy atom. The average molecular weight is 516 g/mol. The Morgan fingerprint density at radius 2 is 2.07 bits per heavy atom. The molecule has 0 amide bonds. The summed E-state index contributed by atoms with van der Waals surface area (Å²) < 4.78 is 2.01. The molecule has 2 aromatic heterocycles. The van der Waals surface area contributed by atoms with Crippen molar-refractivity contribution in [2.75, 3.05) is 31.6 Å². The third-order valence-corrected chi connectivity index (χ3v) is 6.06. The van der Waals surface area contributed by atoms with Crippen molar-refractivity contribution in [2.24, 2.45) is 4.99 Å². The van der Waals surface area contributed by atoms with Crippen LogP contribution < -0.4 is 15.5 Å². The summed E-state index contributed by atoms with van der Waals surface area (Å²) in [5.74, 6) is 2.65. The molecule has 1 saturated heterocycles. The van der Waals surface area contributed by atoms with E-state index < -0.39 is 0 Å². The molecule has 0 saturated carbocycles. The molecule has 0 radical (unpaired) electrons. The lowest BCUT2D eigenvalue weighted by molar-refractivity contribution is 0.398. The summed E-state index contributed by atoms with van der Waals surface area (Å²) in [6.07, 6.45) is 5.61. The predicted molar refractivity (Wildman–Crippen MR) is 124 cm³/mol. The van der Waals surface area contributed by atoms with Gasteiger partial charge in [-0.1, -0.05) is 0 Å². The zero-order valence-corrected chi connectivity index (χ0v) is 19.7. The monoisotopic (exact) mass is 516 g/mol. The van der Waals surface area contributed by atoms with Gasteiger partial charge in [-0.15, -0.1) is 35.3 Å². The standard InChI is InChI=1S/C18H28N8S.HI/c1-13-21-16-15(6-5-11-26(16)24-13)23-17(19-2)20-8-7-14-12-27-18(22-14)25-9-3-4-10-25;/h12,15H,3-11H2,1-2H3,(H2,19,20,23);1H. The van der Waals surface area contributed by atoms with Crippen molar-refractivity contribution in [3.63, 3.8) is 0 Å². The maximum Gasteiger partial charge on any atom is 0.191 e. The van der Waals surface area contributed by atoms with Crippen LogP contribution >= 0.6 is 35.3 Å². The third-order valence-electron chi connectivity index (χ3n) is 5.10. The maximum absolute atomic E-state index is 4.79. The van der Waals surface area contributed by atoms with E-state index in [9.17, 15) is 0 Å². The molecule has 4 heterocycles. The summed E-state index contributed by atoms with van der Waals surface area (Å²) in [6, 6.07) is 0.159. The van der Waals surface area contributed by atoms with Crippen LogP contribution in [0.5, 0.6) is 0 Å².